The van der Waals surface area contributed by atoms with Gasteiger partial charge in [-0.05, 0) is 99.2 Å². The number of rotatable bonds is 10. The average molecular weight is 927 g/mol. The van der Waals surface area contributed by atoms with Gasteiger partial charge in [-0.15, -0.1) is 0 Å². The third-order valence-electron chi connectivity index (χ3n) is 14.1. The van der Waals surface area contributed by atoms with Crippen LogP contribution < -0.4 is 20.7 Å². The SMILES string of the molecule is Cc1cc(C)c(-c2ccc3c4ccccc4n(-c4ccc(-c5cccc([Si](c6ccccc6)(c6ccccc6)c6ccccc6)c5)cc4-c4nc(-c5ccccc5)nc(-c5ccccc5)n4)c3c2)c(C)c1. The quantitative estimate of drug-likeness (QED) is 0.101. The topological polar surface area (TPSA) is 43.6 Å². The maximum absolute atomic E-state index is 5.41. The summed E-state index contributed by atoms with van der Waals surface area (Å²) < 4.78 is 2.43. The number of aryl methyl sites for hydroxylation is 3. The molecule has 0 unspecified atom stereocenters. The molecular formula is C66H50N4Si. The fourth-order valence-corrected chi connectivity index (χ4v) is 15.8. The Balaban J connectivity index is 1.14. The largest absolute Gasteiger partial charge is 0.308 e. The molecule has 12 rings (SSSR count). The van der Waals surface area contributed by atoms with Gasteiger partial charge in [0.25, 0.3) is 0 Å². The first-order valence-electron chi connectivity index (χ1n) is 24.3. The molecule has 0 aliphatic heterocycles. The van der Waals surface area contributed by atoms with Crippen LogP contribution in [0.15, 0.2) is 249 Å². The van der Waals surface area contributed by atoms with E-state index in [1.54, 1.807) is 0 Å². The van der Waals surface area contributed by atoms with Crippen LogP contribution in [0.25, 0.3) is 83.9 Å². The second-order valence-electron chi connectivity index (χ2n) is 18.6. The zero-order valence-electron chi connectivity index (χ0n) is 40.0. The fraction of sp³-hybridized carbons (Fsp3) is 0.0455. The number of fused-ring (bicyclic) bond motifs is 3. The van der Waals surface area contributed by atoms with Crippen LogP contribution in [0.5, 0.6) is 0 Å². The highest BCUT2D eigenvalue weighted by Crippen LogP contribution is 2.40. The van der Waals surface area contributed by atoms with Crippen LogP contribution in [0.4, 0.5) is 0 Å². The normalized spacial score (nSPS) is 11.6. The minimum Gasteiger partial charge on any atom is -0.308 e. The van der Waals surface area contributed by atoms with Gasteiger partial charge in [-0.25, -0.2) is 15.0 Å². The van der Waals surface area contributed by atoms with Crippen molar-refractivity contribution in [2.75, 3.05) is 0 Å². The molecule has 2 heterocycles. The van der Waals surface area contributed by atoms with Crippen molar-refractivity contribution in [3.05, 3.63) is 265 Å². The zero-order chi connectivity index (χ0) is 47.9. The molecule has 0 N–H and O–H groups in total. The predicted octanol–water partition coefficient (Wildman–Crippen LogP) is 13.6. The van der Waals surface area contributed by atoms with E-state index in [4.69, 9.17) is 15.0 Å². The van der Waals surface area contributed by atoms with Gasteiger partial charge < -0.3 is 4.57 Å². The fourth-order valence-electron chi connectivity index (χ4n) is 11.0. The van der Waals surface area contributed by atoms with Crippen LogP contribution in [0.1, 0.15) is 16.7 Å². The molecule has 0 saturated heterocycles. The summed E-state index contributed by atoms with van der Waals surface area (Å²) >= 11 is 0. The molecule has 0 bridgehead atoms. The maximum atomic E-state index is 5.41. The van der Waals surface area contributed by atoms with Crippen LogP contribution in [0.2, 0.25) is 0 Å². The van der Waals surface area contributed by atoms with Gasteiger partial charge in [0.1, 0.15) is 0 Å². The molecule has 0 spiro atoms. The molecule has 0 atom stereocenters. The van der Waals surface area contributed by atoms with Crippen molar-refractivity contribution >= 4 is 50.6 Å². The summed E-state index contributed by atoms with van der Waals surface area (Å²) in [4.78, 5) is 16.0. The number of nitrogens with zero attached hydrogens (tertiary/aromatic N) is 4. The Labute approximate surface area is 416 Å². The molecule has 0 aliphatic rings. The third kappa shape index (κ3) is 7.77. The minimum atomic E-state index is -2.83. The van der Waals surface area contributed by atoms with E-state index in [0.29, 0.717) is 17.5 Å². The molecule has 0 radical (unpaired) electrons. The number of aromatic nitrogens is 4. The Morgan fingerprint density at radius 3 is 1.35 bits per heavy atom. The first-order valence-corrected chi connectivity index (χ1v) is 26.3. The summed E-state index contributed by atoms with van der Waals surface area (Å²) in [7, 11) is -2.83. The number of hydrogen-bond donors (Lipinski definition) is 0. The summed E-state index contributed by atoms with van der Waals surface area (Å²) in [5.74, 6) is 1.83. The molecule has 71 heavy (non-hydrogen) atoms. The predicted molar refractivity (Wildman–Crippen MR) is 299 cm³/mol. The lowest BCUT2D eigenvalue weighted by Gasteiger charge is -2.34. The van der Waals surface area contributed by atoms with Gasteiger partial charge in [0, 0.05) is 27.5 Å². The van der Waals surface area contributed by atoms with Gasteiger partial charge in [0.05, 0.1) is 16.7 Å². The highest BCUT2D eigenvalue weighted by Gasteiger charge is 2.41. The van der Waals surface area contributed by atoms with Crippen LogP contribution in [-0.4, -0.2) is 27.6 Å². The molecule has 338 valence electrons. The Hall–Kier alpha value is -8.77. The molecule has 0 saturated carbocycles. The number of para-hydroxylation sites is 1. The lowest BCUT2D eigenvalue weighted by molar-refractivity contribution is 1.06. The average Bonchev–Trinajstić information content (AvgIpc) is 3.75. The number of hydrogen-bond acceptors (Lipinski definition) is 3. The summed E-state index contributed by atoms with van der Waals surface area (Å²) in [6.45, 7) is 6.62. The van der Waals surface area contributed by atoms with E-state index in [0.717, 1.165) is 44.5 Å². The van der Waals surface area contributed by atoms with Crippen LogP contribution in [0.3, 0.4) is 0 Å². The van der Waals surface area contributed by atoms with E-state index in [1.807, 2.05) is 36.4 Å². The van der Waals surface area contributed by atoms with E-state index < -0.39 is 8.07 Å². The Morgan fingerprint density at radius 1 is 0.324 bits per heavy atom. The third-order valence-corrected chi connectivity index (χ3v) is 18.8. The van der Waals surface area contributed by atoms with Gasteiger partial charge in [-0.3, -0.25) is 0 Å². The van der Waals surface area contributed by atoms with Crippen molar-refractivity contribution in [3.8, 4) is 62.1 Å². The Morgan fingerprint density at radius 2 is 0.775 bits per heavy atom. The Bertz CT molecular complexity index is 3710. The highest BCUT2D eigenvalue weighted by molar-refractivity contribution is 7.19. The van der Waals surface area contributed by atoms with Gasteiger partial charge in [-0.2, -0.15) is 0 Å². The molecule has 2 aromatic heterocycles. The van der Waals surface area contributed by atoms with E-state index in [9.17, 15) is 0 Å². The zero-order valence-corrected chi connectivity index (χ0v) is 41.0. The first-order chi connectivity index (χ1) is 34.9. The second kappa shape index (κ2) is 18.3. The van der Waals surface area contributed by atoms with E-state index in [-0.39, 0.29) is 0 Å². The van der Waals surface area contributed by atoms with Crippen molar-refractivity contribution in [3.63, 3.8) is 0 Å². The van der Waals surface area contributed by atoms with E-state index in [1.165, 1.54) is 59.3 Å². The standard InChI is InChI=1S/C66H50N4Si/c1-45-40-46(2)63(47(3)41-45)52-36-38-58-57-34-19-20-35-60(57)70(62(58)44-52)61-39-37-51(43-59(61)66-68-64(48-22-9-4-10-23-48)67-65(69-66)49-24-11-5-12-25-49)50-26-21-33-56(42-50)71(53-27-13-6-14-28-53,54-29-15-7-16-30-54)55-31-17-8-18-32-55/h4-44H,1-3H3. The summed E-state index contributed by atoms with van der Waals surface area (Å²) in [6.07, 6.45) is 0. The van der Waals surface area contributed by atoms with Gasteiger partial charge in [-0.1, -0.05) is 230 Å². The molecule has 0 amide bonds. The summed E-state index contributed by atoms with van der Waals surface area (Å²) in [6, 6.07) is 90.3. The van der Waals surface area contributed by atoms with Crippen molar-refractivity contribution in [1.29, 1.82) is 0 Å². The minimum absolute atomic E-state index is 0.597. The van der Waals surface area contributed by atoms with Crippen LogP contribution in [-0.2, 0) is 0 Å². The summed E-state index contributed by atoms with van der Waals surface area (Å²) in [5.41, 5.74) is 14.4. The maximum Gasteiger partial charge on any atom is 0.179 e. The monoisotopic (exact) mass is 926 g/mol. The van der Waals surface area contributed by atoms with E-state index in [2.05, 4.69) is 238 Å². The molecule has 4 nitrogen and oxygen atoms in total. The molecule has 0 aliphatic carbocycles. The first kappa shape index (κ1) is 43.5. The lowest BCUT2D eigenvalue weighted by atomic mass is 9.93. The highest BCUT2D eigenvalue weighted by atomic mass is 28.3. The van der Waals surface area contributed by atoms with Gasteiger partial charge >= 0.3 is 0 Å². The molecule has 12 aromatic rings. The van der Waals surface area contributed by atoms with Crippen LogP contribution in [0, 0.1) is 20.8 Å². The summed E-state index contributed by atoms with van der Waals surface area (Å²) in [5, 5.41) is 7.67. The van der Waals surface area contributed by atoms with Crippen molar-refractivity contribution in [1.82, 2.24) is 19.5 Å². The van der Waals surface area contributed by atoms with Crippen molar-refractivity contribution in [2.45, 2.75) is 20.8 Å². The van der Waals surface area contributed by atoms with Crippen LogP contribution >= 0.6 is 0 Å². The number of benzene rings is 10. The molecule has 0 fully saturated rings. The van der Waals surface area contributed by atoms with Crippen molar-refractivity contribution < 1.29 is 0 Å². The lowest BCUT2D eigenvalue weighted by Crippen LogP contribution is -2.74. The van der Waals surface area contributed by atoms with Gasteiger partial charge in [0.15, 0.2) is 25.5 Å². The smallest absolute Gasteiger partial charge is 0.179 e. The Kier molecular flexibility index (Phi) is 11.2. The van der Waals surface area contributed by atoms with Gasteiger partial charge in [0.2, 0.25) is 0 Å². The van der Waals surface area contributed by atoms with E-state index >= 15 is 0 Å². The molecule has 10 aromatic carbocycles. The molecule has 5 heteroatoms. The van der Waals surface area contributed by atoms with Crippen molar-refractivity contribution in [2.24, 2.45) is 0 Å². The second-order valence-corrected chi connectivity index (χ2v) is 22.4. The molecular weight excluding hydrogens is 877 g/mol.